The van der Waals surface area contributed by atoms with Gasteiger partial charge in [-0.15, -0.1) is 0 Å². The van der Waals surface area contributed by atoms with Crippen molar-refractivity contribution in [2.75, 3.05) is 7.11 Å². The minimum atomic E-state index is -0.771. The molecule has 0 fully saturated rings. The van der Waals surface area contributed by atoms with E-state index in [1.54, 1.807) is 20.1 Å². The van der Waals surface area contributed by atoms with Crippen LogP contribution in [0.5, 0.6) is 5.88 Å². The summed E-state index contributed by atoms with van der Waals surface area (Å²) in [6.45, 7) is 1.63. The van der Waals surface area contributed by atoms with Crippen LogP contribution in [0.1, 0.15) is 18.6 Å². The molecule has 0 N–H and O–H groups in total. The molecule has 0 saturated heterocycles. The molecular formula is C12H12NO2. The van der Waals surface area contributed by atoms with Gasteiger partial charge in [-0.05, 0) is 18.6 Å². The lowest BCUT2D eigenvalue weighted by molar-refractivity contribution is 0.107. The zero-order valence-electron chi connectivity index (χ0n) is 8.73. The van der Waals surface area contributed by atoms with Gasteiger partial charge in [0, 0.05) is 11.5 Å². The van der Waals surface area contributed by atoms with Crippen molar-refractivity contribution < 1.29 is 9.84 Å². The fourth-order valence-corrected chi connectivity index (χ4v) is 1.62. The summed E-state index contributed by atoms with van der Waals surface area (Å²) in [5.74, 6) is 0.492. The standard InChI is InChI=1S/C12H12NO2/c1-8(14)10-7-12(15-2)13-11-6-4-3-5-9(10)11/h3-8H,1-2H3. The highest BCUT2D eigenvalue weighted by atomic mass is 16.5. The van der Waals surface area contributed by atoms with Crippen LogP contribution in [-0.4, -0.2) is 12.1 Å². The van der Waals surface area contributed by atoms with E-state index in [4.69, 9.17) is 4.74 Å². The van der Waals surface area contributed by atoms with Crippen molar-refractivity contribution in [3.05, 3.63) is 35.9 Å². The Hall–Kier alpha value is -1.61. The Morgan fingerprint density at radius 3 is 2.73 bits per heavy atom. The molecule has 0 saturated carbocycles. The van der Waals surface area contributed by atoms with Crippen molar-refractivity contribution in [3.8, 4) is 5.88 Å². The van der Waals surface area contributed by atoms with Gasteiger partial charge in [0.25, 0.3) is 0 Å². The smallest absolute Gasteiger partial charge is 0.213 e. The predicted molar refractivity (Wildman–Crippen MR) is 57.4 cm³/mol. The van der Waals surface area contributed by atoms with Gasteiger partial charge in [-0.25, -0.2) is 10.1 Å². The van der Waals surface area contributed by atoms with Crippen LogP contribution in [-0.2, 0) is 5.11 Å². The first kappa shape index (κ1) is 9.93. The normalized spacial score (nSPS) is 12.7. The highest BCUT2D eigenvalue weighted by Gasteiger charge is 2.10. The van der Waals surface area contributed by atoms with E-state index in [1.165, 1.54) is 0 Å². The lowest BCUT2D eigenvalue weighted by Gasteiger charge is -2.09. The Morgan fingerprint density at radius 1 is 1.33 bits per heavy atom. The molecule has 1 unspecified atom stereocenters. The van der Waals surface area contributed by atoms with Crippen molar-refractivity contribution in [2.45, 2.75) is 13.0 Å². The highest BCUT2D eigenvalue weighted by Crippen LogP contribution is 2.26. The number of pyridine rings is 1. The summed E-state index contributed by atoms with van der Waals surface area (Å²) in [6, 6.07) is 9.30. The largest absolute Gasteiger partial charge is 0.481 e. The molecule has 1 aromatic carbocycles. The monoisotopic (exact) mass is 202 g/mol. The lowest BCUT2D eigenvalue weighted by atomic mass is 10.1. The molecule has 1 atom stereocenters. The van der Waals surface area contributed by atoms with Gasteiger partial charge in [-0.3, -0.25) is 0 Å². The van der Waals surface area contributed by atoms with Crippen LogP contribution < -0.4 is 4.74 Å². The van der Waals surface area contributed by atoms with E-state index >= 15 is 0 Å². The molecule has 2 rings (SSSR count). The maximum Gasteiger partial charge on any atom is 0.213 e. The first-order chi connectivity index (χ1) is 7.22. The van der Waals surface area contributed by atoms with Gasteiger partial charge < -0.3 is 4.74 Å². The minimum absolute atomic E-state index is 0.492. The van der Waals surface area contributed by atoms with Gasteiger partial charge >= 0.3 is 0 Å². The van der Waals surface area contributed by atoms with E-state index in [2.05, 4.69) is 4.98 Å². The van der Waals surface area contributed by atoms with E-state index in [0.717, 1.165) is 16.5 Å². The van der Waals surface area contributed by atoms with Crippen molar-refractivity contribution >= 4 is 10.9 Å². The molecule has 0 bridgehead atoms. The third-order valence-electron chi connectivity index (χ3n) is 2.37. The van der Waals surface area contributed by atoms with Crippen LogP contribution in [0.3, 0.4) is 0 Å². The molecule has 1 aromatic heterocycles. The summed E-state index contributed by atoms with van der Waals surface area (Å²) in [5, 5.41) is 12.4. The summed E-state index contributed by atoms with van der Waals surface area (Å²) in [7, 11) is 1.55. The summed E-state index contributed by atoms with van der Waals surface area (Å²) in [4.78, 5) is 4.28. The molecular weight excluding hydrogens is 190 g/mol. The molecule has 0 aliphatic heterocycles. The van der Waals surface area contributed by atoms with Crippen LogP contribution >= 0.6 is 0 Å². The Morgan fingerprint density at radius 2 is 2.07 bits per heavy atom. The number of methoxy groups -OCH3 is 1. The number of fused-ring (bicyclic) bond motifs is 1. The van der Waals surface area contributed by atoms with E-state index in [-0.39, 0.29) is 0 Å². The number of para-hydroxylation sites is 1. The molecule has 0 amide bonds. The first-order valence-corrected chi connectivity index (χ1v) is 4.82. The molecule has 0 aliphatic rings. The van der Waals surface area contributed by atoms with Gasteiger partial charge in [0.15, 0.2) is 0 Å². The second-order valence-corrected chi connectivity index (χ2v) is 3.41. The van der Waals surface area contributed by atoms with Crippen LogP contribution in [0.15, 0.2) is 30.3 Å². The third-order valence-corrected chi connectivity index (χ3v) is 2.37. The lowest BCUT2D eigenvalue weighted by Crippen LogP contribution is -1.96. The van der Waals surface area contributed by atoms with Crippen LogP contribution in [0.25, 0.3) is 10.9 Å². The Bertz CT molecular complexity index is 480. The molecule has 1 heterocycles. The number of aromatic nitrogens is 1. The zero-order valence-corrected chi connectivity index (χ0v) is 8.73. The number of hydrogen-bond acceptors (Lipinski definition) is 2. The third kappa shape index (κ3) is 1.78. The second kappa shape index (κ2) is 3.87. The van der Waals surface area contributed by atoms with E-state index < -0.39 is 6.10 Å². The number of benzene rings is 1. The van der Waals surface area contributed by atoms with Gasteiger partial charge in [0.05, 0.1) is 12.6 Å². The summed E-state index contributed by atoms with van der Waals surface area (Å²) in [6.07, 6.45) is -0.771. The van der Waals surface area contributed by atoms with Gasteiger partial charge in [0.1, 0.15) is 6.10 Å². The number of rotatable bonds is 2. The summed E-state index contributed by atoms with van der Waals surface area (Å²) >= 11 is 0. The SMILES string of the molecule is COc1cc(C(C)[O])c2ccccc2n1. The fraction of sp³-hybridized carbons (Fsp3) is 0.250. The second-order valence-electron chi connectivity index (χ2n) is 3.41. The summed E-state index contributed by atoms with van der Waals surface area (Å²) < 4.78 is 5.06. The summed E-state index contributed by atoms with van der Waals surface area (Å²) in [5.41, 5.74) is 1.53. The van der Waals surface area contributed by atoms with E-state index in [9.17, 15) is 5.11 Å². The van der Waals surface area contributed by atoms with Gasteiger partial charge in [-0.2, -0.15) is 0 Å². The van der Waals surface area contributed by atoms with Crippen molar-refractivity contribution in [3.63, 3.8) is 0 Å². The quantitative estimate of drug-likeness (QED) is 0.751. The molecule has 3 nitrogen and oxygen atoms in total. The first-order valence-electron chi connectivity index (χ1n) is 4.82. The molecule has 0 aliphatic carbocycles. The highest BCUT2D eigenvalue weighted by molar-refractivity contribution is 5.83. The molecule has 3 heteroatoms. The molecule has 1 radical (unpaired) electrons. The molecule has 15 heavy (non-hydrogen) atoms. The van der Waals surface area contributed by atoms with Crippen molar-refractivity contribution in [2.24, 2.45) is 0 Å². The van der Waals surface area contributed by atoms with E-state index in [0.29, 0.717) is 5.88 Å². The zero-order chi connectivity index (χ0) is 10.8. The van der Waals surface area contributed by atoms with Crippen LogP contribution in [0.2, 0.25) is 0 Å². The number of nitrogens with zero attached hydrogens (tertiary/aromatic N) is 1. The van der Waals surface area contributed by atoms with Gasteiger partial charge in [0.2, 0.25) is 5.88 Å². The predicted octanol–water partition coefficient (Wildman–Crippen LogP) is 2.73. The topological polar surface area (TPSA) is 42.0 Å². The molecule has 2 aromatic rings. The van der Waals surface area contributed by atoms with Crippen molar-refractivity contribution in [1.82, 2.24) is 4.98 Å². The average molecular weight is 202 g/mol. The average Bonchev–Trinajstić information content (AvgIpc) is 2.27. The van der Waals surface area contributed by atoms with Crippen molar-refractivity contribution in [1.29, 1.82) is 0 Å². The minimum Gasteiger partial charge on any atom is -0.481 e. The van der Waals surface area contributed by atoms with Gasteiger partial charge in [-0.1, -0.05) is 18.2 Å². The Balaban J connectivity index is 2.74. The maximum atomic E-state index is 11.5. The number of ether oxygens (including phenoxy) is 1. The Labute approximate surface area is 88.3 Å². The molecule has 77 valence electrons. The fourth-order valence-electron chi connectivity index (χ4n) is 1.62. The van der Waals surface area contributed by atoms with Crippen LogP contribution in [0.4, 0.5) is 0 Å². The Kier molecular flexibility index (Phi) is 2.56. The number of hydrogen-bond donors (Lipinski definition) is 0. The molecule has 0 spiro atoms. The van der Waals surface area contributed by atoms with Crippen LogP contribution in [0, 0.1) is 0 Å². The maximum absolute atomic E-state index is 11.5. The van der Waals surface area contributed by atoms with E-state index in [1.807, 2.05) is 24.3 Å².